The van der Waals surface area contributed by atoms with E-state index in [1.54, 1.807) is 0 Å². The van der Waals surface area contributed by atoms with Crippen LogP contribution in [0.15, 0.2) is 66.9 Å². The van der Waals surface area contributed by atoms with Crippen molar-refractivity contribution in [2.45, 2.75) is 26.5 Å². The third-order valence-corrected chi connectivity index (χ3v) is 4.83. The van der Waals surface area contributed by atoms with Crippen molar-refractivity contribution >= 4 is 5.91 Å². The van der Waals surface area contributed by atoms with E-state index in [0.717, 1.165) is 40.1 Å². The zero-order valence-corrected chi connectivity index (χ0v) is 15.4. The lowest BCUT2D eigenvalue weighted by Crippen LogP contribution is -2.36. The van der Waals surface area contributed by atoms with E-state index in [1.807, 2.05) is 72.6 Å². The largest absolute Gasteiger partial charge is 0.489 e. The van der Waals surface area contributed by atoms with Gasteiger partial charge in [-0.2, -0.15) is 0 Å². The quantitative estimate of drug-likeness (QED) is 0.703. The summed E-state index contributed by atoms with van der Waals surface area (Å²) in [7, 11) is 0. The molecule has 136 valence electrons. The van der Waals surface area contributed by atoms with E-state index in [2.05, 4.69) is 11.1 Å². The van der Waals surface area contributed by atoms with Crippen LogP contribution in [0, 0.1) is 6.92 Å². The van der Waals surface area contributed by atoms with Gasteiger partial charge in [-0.15, -0.1) is 0 Å². The van der Waals surface area contributed by atoms with Crippen molar-refractivity contribution in [3.8, 4) is 5.75 Å². The SMILES string of the molecule is Cc1ccc(C(=O)N2CCc3ncc(COc4ccccc4)cc3C2)cc1. The molecule has 2 aromatic carbocycles. The van der Waals surface area contributed by atoms with Crippen LogP contribution in [0.5, 0.6) is 5.75 Å². The average molecular weight is 358 g/mol. The van der Waals surface area contributed by atoms with Crippen molar-refractivity contribution in [2.75, 3.05) is 6.54 Å². The predicted octanol–water partition coefficient (Wildman–Crippen LogP) is 4.17. The third kappa shape index (κ3) is 4.00. The monoisotopic (exact) mass is 358 g/mol. The van der Waals surface area contributed by atoms with E-state index in [0.29, 0.717) is 19.7 Å². The van der Waals surface area contributed by atoms with Gasteiger partial charge in [0.1, 0.15) is 12.4 Å². The molecule has 3 aromatic rings. The molecular formula is C23H22N2O2. The second kappa shape index (κ2) is 7.62. The maximum absolute atomic E-state index is 12.8. The van der Waals surface area contributed by atoms with Gasteiger partial charge in [-0.1, -0.05) is 35.9 Å². The van der Waals surface area contributed by atoms with Crippen molar-refractivity contribution in [1.29, 1.82) is 0 Å². The van der Waals surface area contributed by atoms with Gasteiger partial charge in [-0.25, -0.2) is 0 Å². The second-order valence-corrected chi connectivity index (χ2v) is 6.89. The molecule has 0 N–H and O–H groups in total. The summed E-state index contributed by atoms with van der Waals surface area (Å²) in [4.78, 5) is 19.3. The normalized spacial score (nSPS) is 13.1. The van der Waals surface area contributed by atoms with Crippen molar-refractivity contribution in [3.63, 3.8) is 0 Å². The van der Waals surface area contributed by atoms with Crippen LogP contribution in [-0.2, 0) is 19.6 Å². The third-order valence-electron chi connectivity index (χ3n) is 4.83. The number of para-hydroxylation sites is 1. The van der Waals surface area contributed by atoms with Gasteiger partial charge in [0, 0.05) is 42.5 Å². The Bertz CT molecular complexity index is 936. The Morgan fingerprint density at radius 2 is 1.89 bits per heavy atom. The molecule has 0 bridgehead atoms. The standard InChI is InChI=1S/C23H22N2O2/c1-17-7-9-19(10-8-17)23(26)25-12-11-22-20(15-25)13-18(14-24-22)16-27-21-5-3-2-4-6-21/h2-10,13-14H,11-12,15-16H2,1H3. The predicted molar refractivity (Wildman–Crippen MR) is 105 cm³/mol. The van der Waals surface area contributed by atoms with Crippen LogP contribution in [0.3, 0.4) is 0 Å². The van der Waals surface area contributed by atoms with E-state index in [-0.39, 0.29) is 5.91 Å². The summed E-state index contributed by atoms with van der Waals surface area (Å²) in [6, 6.07) is 19.6. The van der Waals surface area contributed by atoms with E-state index >= 15 is 0 Å². The highest BCUT2D eigenvalue weighted by molar-refractivity contribution is 5.94. The lowest BCUT2D eigenvalue weighted by Gasteiger charge is -2.28. The molecule has 1 aromatic heterocycles. The molecule has 0 saturated heterocycles. The summed E-state index contributed by atoms with van der Waals surface area (Å²) in [5.74, 6) is 0.915. The summed E-state index contributed by atoms with van der Waals surface area (Å²) in [6.07, 6.45) is 2.66. The molecule has 27 heavy (non-hydrogen) atoms. The number of ether oxygens (including phenoxy) is 1. The van der Waals surface area contributed by atoms with Crippen LogP contribution >= 0.6 is 0 Å². The molecule has 0 unspecified atom stereocenters. The minimum Gasteiger partial charge on any atom is -0.489 e. The minimum atomic E-state index is 0.0755. The van der Waals surface area contributed by atoms with Crippen molar-refractivity contribution in [1.82, 2.24) is 9.88 Å². The smallest absolute Gasteiger partial charge is 0.254 e. The number of aryl methyl sites for hydroxylation is 1. The van der Waals surface area contributed by atoms with Crippen LogP contribution in [0.25, 0.3) is 0 Å². The van der Waals surface area contributed by atoms with Gasteiger partial charge in [0.15, 0.2) is 0 Å². The summed E-state index contributed by atoms with van der Waals surface area (Å²) < 4.78 is 5.82. The second-order valence-electron chi connectivity index (χ2n) is 6.89. The molecule has 4 rings (SSSR count). The molecule has 4 nitrogen and oxygen atoms in total. The van der Waals surface area contributed by atoms with Gasteiger partial charge in [-0.05, 0) is 42.8 Å². The molecule has 0 radical (unpaired) electrons. The van der Waals surface area contributed by atoms with Crippen molar-refractivity contribution in [3.05, 3.63) is 94.8 Å². The van der Waals surface area contributed by atoms with Gasteiger partial charge in [0.25, 0.3) is 5.91 Å². The summed E-state index contributed by atoms with van der Waals surface area (Å²) in [6.45, 7) is 3.78. The highest BCUT2D eigenvalue weighted by atomic mass is 16.5. The van der Waals surface area contributed by atoms with Crippen molar-refractivity contribution < 1.29 is 9.53 Å². The maximum atomic E-state index is 12.8. The molecule has 4 heteroatoms. The molecule has 0 aliphatic carbocycles. The number of pyridine rings is 1. The number of hydrogen-bond acceptors (Lipinski definition) is 3. The molecule has 1 aliphatic heterocycles. The Morgan fingerprint density at radius 1 is 1.11 bits per heavy atom. The Balaban J connectivity index is 1.46. The number of rotatable bonds is 4. The lowest BCUT2D eigenvalue weighted by atomic mass is 10.0. The van der Waals surface area contributed by atoms with Crippen LogP contribution in [-0.4, -0.2) is 22.3 Å². The number of hydrogen-bond donors (Lipinski definition) is 0. The summed E-state index contributed by atoms with van der Waals surface area (Å²) in [5, 5.41) is 0. The number of carbonyl (C=O) groups is 1. The first-order chi connectivity index (χ1) is 13.2. The van der Waals surface area contributed by atoms with E-state index in [1.165, 1.54) is 0 Å². The van der Waals surface area contributed by atoms with Crippen LogP contribution in [0.2, 0.25) is 0 Å². The number of carbonyl (C=O) groups excluding carboxylic acids is 1. The fraction of sp³-hybridized carbons (Fsp3) is 0.217. The average Bonchev–Trinajstić information content (AvgIpc) is 2.72. The number of nitrogens with zero attached hydrogens (tertiary/aromatic N) is 2. The first-order valence-corrected chi connectivity index (χ1v) is 9.19. The Labute approximate surface area is 159 Å². The molecule has 0 fully saturated rings. The van der Waals surface area contributed by atoms with Gasteiger partial charge < -0.3 is 9.64 Å². The zero-order chi connectivity index (χ0) is 18.6. The molecular weight excluding hydrogens is 336 g/mol. The number of fused-ring (bicyclic) bond motifs is 1. The Kier molecular flexibility index (Phi) is 4.88. The van der Waals surface area contributed by atoms with Crippen LogP contribution in [0.1, 0.15) is 32.7 Å². The van der Waals surface area contributed by atoms with Crippen molar-refractivity contribution in [2.24, 2.45) is 0 Å². The fourth-order valence-corrected chi connectivity index (χ4v) is 3.29. The minimum absolute atomic E-state index is 0.0755. The first kappa shape index (κ1) is 17.3. The maximum Gasteiger partial charge on any atom is 0.254 e. The topological polar surface area (TPSA) is 42.4 Å². The van der Waals surface area contributed by atoms with Crippen LogP contribution in [0.4, 0.5) is 0 Å². The first-order valence-electron chi connectivity index (χ1n) is 9.19. The van der Waals surface area contributed by atoms with E-state index < -0.39 is 0 Å². The Hall–Kier alpha value is -3.14. The van der Waals surface area contributed by atoms with Gasteiger partial charge in [0.2, 0.25) is 0 Å². The number of amides is 1. The molecule has 1 aliphatic rings. The molecule has 0 spiro atoms. The number of benzene rings is 2. The molecule has 2 heterocycles. The van der Waals surface area contributed by atoms with Crippen LogP contribution < -0.4 is 4.74 Å². The van der Waals surface area contributed by atoms with Gasteiger partial charge in [0.05, 0.1) is 0 Å². The lowest BCUT2D eigenvalue weighted by molar-refractivity contribution is 0.0733. The van der Waals surface area contributed by atoms with E-state index in [9.17, 15) is 4.79 Å². The molecule has 1 amide bonds. The van der Waals surface area contributed by atoms with Gasteiger partial charge >= 0.3 is 0 Å². The highest BCUT2D eigenvalue weighted by Crippen LogP contribution is 2.21. The summed E-state index contributed by atoms with van der Waals surface area (Å²) in [5.41, 5.74) is 5.09. The zero-order valence-electron chi connectivity index (χ0n) is 15.4. The highest BCUT2D eigenvalue weighted by Gasteiger charge is 2.22. The molecule has 0 saturated carbocycles. The van der Waals surface area contributed by atoms with E-state index in [4.69, 9.17) is 4.74 Å². The summed E-state index contributed by atoms with van der Waals surface area (Å²) >= 11 is 0. The fourth-order valence-electron chi connectivity index (χ4n) is 3.29. The number of aromatic nitrogens is 1. The molecule has 0 atom stereocenters. The Morgan fingerprint density at radius 3 is 2.67 bits per heavy atom. The van der Waals surface area contributed by atoms with Gasteiger partial charge in [-0.3, -0.25) is 9.78 Å².